The van der Waals surface area contributed by atoms with E-state index in [0.717, 1.165) is 61.2 Å². The quantitative estimate of drug-likeness (QED) is 0.190. The summed E-state index contributed by atoms with van der Waals surface area (Å²) in [5.41, 5.74) is 10.5. The summed E-state index contributed by atoms with van der Waals surface area (Å²) in [6.07, 6.45) is 3.75. The van der Waals surface area contributed by atoms with E-state index >= 15 is 0 Å². The van der Waals surface area contributed by atoms with Gasteiger partial charge in [-0.2, -0.15) is 9.50 Å². The molecule has 0 radical (unpaired) electrons. The molecule has 7 nitrogen and oxygen atoms in total. The van der Waals surface area contributed by atoms with E-state index in [1.165, 1.54) is 21.5 Å². The summed E-state index contributed by atoms with van der Waals surface area (Å²) in [4.78, 5) is 14.5. The number of benzene rings is 6. The van der Waals surface area contributed by atoms with Gasteiger partial charge in [0.2, 0.25) is 0 Å². The van der Waals surface area contributed by atoms with Gasteiger partial charge < -0.3 is 9.13 Å². The van der Waals surface area contributed by atoms with E-state index in [2.05, 4.69) is 129 Å². The standard InChI is InChI=1S/C44H27N7/c1-2-12-28(13-3-1)42-34-19-6-9-22-39(34)51-44(46-42)47-43(48-51)29-14-10-15-30(24-29)49-37-20-7-4-17-32(37)35-26-41-36(25-40(35)49)33-18-5-8-21-38(33)50(41)31-16-11-23-45-27-31/h1-27H. The van der Waals surface area contributed by atoms with Crippen LogP contribution in [0.4, 0.5) is 0 Å². The van der Waals surface area contributed by atoms with Gasteiger partial charge in [0, 0.05) is 49.9 Å². The van der Waals surface area contributed by atoms with Gasteiger partial charge in [-0.3, -0.25) is 4.98 Å². The van der Waals surface area contributed by atoms with Gasteiger partial charge in [-0.05, 0) is 54.6 Å². The number of rotatable bonds is 4. The number of pyridine rings is 1. The lowest BCUT2D eigenvalue weighted by atomic mass is 10.1. The lowest BCUT2D eigenvalue weighted by Gasteiger charge is -2.10. The number of aromatic nitrogens is 7. The van der Waals surface area contributed by atoms with Crippen molar-refractivity contribution >= 4 is 60.3 Å². The van der Waals surface area contributed by atoms with Gasteiger partial charge in [-0.25, -0.2) is 4.98 Å². The molecule has 6 aromatic carbocycles. The Morgan fingerprint density at radius 3 is 1.73 bits per heavy atom. The topological polar surface area (TPSA) is 65.8 Å². The zero-order chi connectivity index (χ0) is 33.5. The zero-order valence-electron chi connectivity index (χ0n) is 27.2. The van der Waals surface area contributed by atoms with Gasteiger partial charge in [0.1, 0.15) is 0 Å². The van der Waals surface area contributed by atoms with Gasteiger partial charge in [-0.1, -0.05) is 97.1 Å². The lowest BCUT2D eigenvalue weighted by Crippen LogP contribution is -1.97. The van der Waals surface area contributed by atoms with Crippen molar-refractivity contribution in [3.8, 4) is 34.0 Å². The van der Waals surface area contributed by atoms with Crippen molar-refractivity contribution in [2.24, 2.45) is 0 Å². The molecule has 0 aliphatic carbocycles. The molecule has 0 spiro atoms. The molecular weight excluding hydrogens is 627 g/mol. The molecule has 11 rings (SSSR count). The third kappa shape index (κ3) is 4.12. The minimum absolute atomic E-state index is 0.567. The van der Waals surface area contributed by atoms with E-state index in [-0.39, 0.29) is 0 Å². The van der Waals surface area contributed by atoms with Crippen LogP contribution in [-0.2, 0) is 0 Å². The summed E-state index contributed by atoms with van der Waals surface area (Å²) in [6, 6.07) is 53.1. The van der Waals surface area contributed by atoms with Crippen molar-refractivity contribution in [2.75, 3.05) is 0 Å². The summed E-state index contributed by atoms with van der Waals surface area (Å²) in [7, 11) is 0. The molecule has 5 aromatic heterocycles. The molecule has 0 aliphatic rings. The minimum Gasteiger partial charge on any atom is -0.309 e. The number of hydrogen-bond acceptors (Lipinski definition) is 4. The first-order chi connectivity index (χ1) is 25.3. The molecule has 0 saturated carbocycles. The highest BCUT2D eigenvalue weighted by Crippen LogP contribution is 2.40. The molecular formula is C44H27N7. The Labute approximate surface area is 291 Å². The Hall–Kier alpha value is -7.12. The highest BCUT2D eigenvalue weighted by atomic mass is 15.3. The van der Waals surface area contributed by atoms with E-state index < -0.39 is 0 Å². The first-order valence-corrected chi connectivity index (χ1v) is 17.0. The average Bonchev–Trinajstić information content (AvgIpc) is 3.88. The normalized spacial score (nSPS) is 11.9. The van der Waals surface area contributed by atoms with Gasteiger partial charge in [-0.15, -0.1) is 5.10 Å². The van der Waals surface area contributed by atoms with Crippen LogP contribution in [0.2, 0.25) is 0 Å². The Morgan fingerprint density at radius 2 is 1.02 bits per heavy atom. The monoisotopic (exact) mass is 653 g/mol. The third-order valence-electron chi connectivity index (χ3n) is 9.97. The van der Waals surface area contributed by atoms with Crippen LogP contribution in [0.15, 0.2) is 164 Å². The molecule has 0 aliphatic heterocycles. The maximum Gasteiger partial charge on any atom is 0.253 e. The fourth-order valence-corrected chi connectivity index (χ4v) is 7.75. The predicted octanol–water partition coefficient (Wildman–Crippen LogP) is 10.2. The number of para-hydroxylation sites is 3. The van der Waals surface area contributed by atoms with Crippen LogP contribution < -0.4 is 0 Å². The van der Waals surface area contributed by atoms with E-state index in [1.807, 2.05) is 53.3 Å². The molecule has 51 heavy (non-hydrogen) atoms. The molecule has 0 fully saturated rings. The van der Waals surface area contributed by atoms with Crippen molar-refractivity contribution in [1.29, 1.82) is 0 Å². The highest BCUT2D eigenvalue weighted by Gasteiger charge is 2.20. The van der Waals surface area contributed by atoms with Crippen LogP contribution in [0.25, 0.3) is 94.3 Å². The van der Waals surface area contributed by atoms with Crippen molar-refractivity contribution in [1.82, 2.24) is 33.7 Å². The van der Waals surface area contributed by atoms with Crippen LogP contribution in [-0.4, -0.2) is 33.7 Å². The predicted molar refractivity (Wildman–Crippen MR) is 206 cm³/mol. The smallest absolute Gasteiger partial charge is 0.253 e. The van der Waals surface area contributed by atoms with E-state index in [4.69, 9.17) is 15.1 Å². The van der Waals surface area contributed by atoms with Gasteiger partial charge >= 0.3 is 0 Å². The van der Waals surface area contributed by atoms with Crippen LogP contribution in [0.5, 0.6) is 0 Å². The number of nitrogens with zero attached hydrogens (tertiary/aromatic N) is 7. The second kappa shape index (κ2) is 10.7. The molecule has 0 atom stereocenters. The van der Waals surface area contributed by atoms with Crippen LogP contribution >= 0.6 is 0 Å². The Bertz CT molecular complexity index is 3140. The molecule has 238 valence electrons. The summed E-state index contributed by atoms with van der Waals surface area (Å²) in [5.74, 6) is 1.19. The third-order valence-corrected chi connectivity index (χ3v) is 9.97. The summed E-state index contributed by atoms with van der Waals surface area (Å²) >= 11 is 0. The molecule has 0 amide bonds. The molecule has 5 heterocycles. The summed E-state index contributed by atoms with van der Waals surface area (Å²) in [6.45, 7) is 0. The zero-order valence-corrected chi connectivity index (χ0v) is 27.2. The van der Waals surface area contributed by atoms with Crippen molar-refractivity contribution < 1.29 is 0 Å². The fraction of sp³-hybridized carbons (Fsp3) is 0. The van der Waals surface area contributed by atoms with Gasteiger partial charge in [0.15, 0.2) is 5.82 Å². The molecule has 7 heteroatoms. The second-order valence-corrected chi connectivity index (χ2v) is 12.8. The largest absolute Gasteiger partial charge is 0.309 e. The second-order valence-electron chi connectivity index (χ2n) is 12.8. The number of fused-ring (bicyclic) bond motifs is 9. The van der Waals surface area contributed by atoms with Crippen molar-refractivity contribution in [3.63, 3.8) is 0 Å². The Balaban J connectivity index is 1.13. The fourth-order valence-electron chi connectivity index (χ4n) is 7.75. The van der Waals surface area contributed by atoms with Gasteiger partial charge in [0.05, 0.1) is 45.2 Å². The number of hydrogen-bond donors (Lipinski definition) is 0. The SMILES string of the molecule is c1ccc(-c2nc3nc(-c4cccc(-n5c6ccccc6c6cc7c(cc65)c5ccccc5n7-c5cccnc5)c4)nn3c3ccccc23)cc1. The first kappa shape index (κ1) is 27.8. The Morgan fingerprint density at radius 1 is 0.412 bits per heavy atom. The van der Waals surface area contributed by atoms with Crippen molar-refractivity contribution in [2.45, 2.75) is 0 Å². The van der Waals surface area contributed by atoms with Gasteiger partial charge in [0.25, 0.3) is 5.78 Å². The van der Waals surface area contributed by atoms with E-state index in [0.29, 0.717) is 11.6 Å². The van der Waals surface area contributed by atoms with E-state index in [1.54, 1.807) is 0 Å². The van der Waals surface area contributed by atoms with Crippen molar-refractivity contribution in [3.05, 3.63) is 164 Å². The molecule has 0 bridgehead atoms. The highest BCUT2D eigenvalue weighted by molar-refractivity contribution is 6.19. The van der Waals surface area contributed by atoms with Crippen LogP contribution in [0.3, 0.4) is 0 Å². The maximum absolute atomic E-state index is 5.03. The maximum atomic E-state index is 5.03. The summed E-state index contributed by atoms with van der Waals surface area (Å²) < 4.78 is 6.54. The first-order valence-electron chi connectivity index (χ1n) is 17.0. The van der Waals surface area contributed by atoms with Crippen LogP contribution in [0.1, 0.15) is 0 Å². The molecule has 11 aromatic rings. The van der Waals surface area contributed by atoms with Crippen LogP contribution in [0, 0.1) is 0 Å². The minimum atomic E-state index is 0.567. The lowest BCUT2D eigenvalue weighted by molar-refractivity contribution is 0.988. The molecule has 0 saturated heterocycles. The summed E-state index contributed by atoms with van der Waals surface area (Å²) in [5, 5.41) is 10.8. The average molecular weight is 654 g/mol. The molecule has 0 N–H and O–H groups in total. The van der Waals surface area contributed by atoms with E-state index in [9.17, 15) is 0 Å². The Kier molecular flexibility index (Phi) is 5.83. The molecule has 0 unspecified atom stereocenters.